The first-order valence-electron chi connectivity index (χ1n) is 15.1. The standard InChI is InChI=1S/C33H44N4O5/c1-6-37(26-11-15-42-16-12-26)30-19-25(8-7-24-9-13-36(14-10-24)33(40)41)18-28(23(30)5)31(38)34-20-29-27(21(2)3)17-22(4)35-32(29)39/h17-19,21,24,26H,6,9-16,20H2,1-5H3,(H,34,38)(H,35,39)(H,40,41). The first kappa shape index (κ1) is 31.2. The third kappa shape index (κ3) is 7.35. The van der Waals surface area contributed by atoms with Crippen LogP contribution in [0, 0.1) is 31.6 Å². The molecule has 9 heteroatoms. The highest BCUT2D eigenvalue weighted by Gasteiger charge is 2.25. The van der Waals surface area contributed by atoms with E-state index in [0.717, 1.165) is 47.5 Å². The summed E-state index contributed by atoms with van der Waals surface area (Å²) in [7, 11) is 0. The lowest BCUT2D eigenvalue weighted by Crippen LogP contribution is -2.40. The van der Waals surface area contributed by atoms with Gasteiger partial charge in [-0.15, -0.1) is 0 Å². The zero-order valence-corrected chi connectivity index (χ0v) is 25.5. The Kier molecular flexibility index (Phi) is 10.3. The molecule has 0 bridgehead atoms. The first-order valence-corrected chi connectivity index (χ1v) is 15.1. The summed E-state index contributed by atoms with van der Waals surface area (Å²) in [4.78, 5) is 44.5. The minimum absolute atomic E-state index is 0.100. The molecular formula is C33H44N4O5. The van der Waals surface area contributed by atoms with Gasteiger partial charge in [-0.25, -0.2) is 4.79 Å². The van der Waals surface area contributed by atoms with Gasteiger partial charge < -0.3 is 29.9 Å². The van der Waals surface area contributed by atoms with Crippen molar-refractivity contribution in [3.8, 4) is 11.8 Å². The van der Waals surface area contributed by atoms with Gasteiger partial charge >= 0.3 is 6.09 Å². The molecule has 2 saturated heterocycles. The van der Waals surface area contributed by atoms with E-state index in [1.165, 1.54) is 4.90 Å². The highest BCUT2D eigenvalue weighted by Crippen LogP contribution is 2.30. The molecule has 0 aliphatic carbocycles. The van der Waals surface area contributed by atoms with Gasteiger partial charge in [-0.3, -0.25) is 9.59 Å². The number of pyridine rings is 1. The number of likely N-dealkylation sites (tertiary alicyclic amines) is 1. The van der Waals surface area contributed by atoms with E-state index in [-0.39, 0.29) is 29.8 Å². The van der Waals surface area contributed by atoms with Crippen molar-refractivity contribution < 1.29 is 19.4 Å². The largest absolute Gasteiger partial charge is 0.465 e. The van der Waals surface area contributed by atoms with Gasteiger partial charge in [-0.1, -0.05) is 25.7 Å². The summed E-state index contributed by atoms with van der Waals surface area (Å²) in [6, 6.07) is 6.20. The van der Waals surface area contributed by atoms with E-state index < -0.39 is 6.09 Å². The summed E-state index contributed by atoms with van der Waals surface area (Å²) < 4.78 is 5.61. The maximum absolute atomic E-state index is 13.7. The average Bonchev–Trinajstić information content (AvgIpc) is 2.97. The number of rotatable bonds is 7. The van der Waals surface area contributed by atoms with Gasteiger partial charge in [-0.05, 0) is 81.7 Å². The second-order valence-corrected chi connectivity index (χ2v) is 11.7. The lowest BCUT2D eigenvalue weighted by molar-refractivity contribution is 0.0845. The van der Waals surface area contributed by atoms with Crippen LogP contribution in [0.3, 0.4) is 0 Å². The van der Waals surface area contributed by atoms with Crippen LogP contribution in [-0.4, -0.2) is 65.9 Å². The van der Waals surface area contributed by atoms with Gasteiger partial charge in [0.05, 0.1) is 0 Å². The molecular weight excluding hydrogens is 532 g/mol. The number of aryl methyl sites for hydroxylation is 1. The van der Waals surface area contributed by atoms with E-state index in [1.807, 2.05) is 39.8 Å². The summed E-state index contributed by atoms with van der Waals surface area (Å²) in [6.07, 6.45) is 2.33. The van der Waals surface area contributed by atoms with Gasteiger partial charge in [0.25, 0.3) is 11.5 Å². The molecule has 2 aliphatic heterocycles. The van der Waals surface area contributed by atoms with Crippen LogP contribution >= 0.6 is 0 Å². The molecule has 0 unspecified atom stereocenters. The third-order valence-corrected chi connectivity index (χ3v) is 8.45. The normalized spacial score (nSPS) is 16.2. The summed E-state index contributed by atoms with van der Waals surface area (Å²) in [5, 5.41) is 12.3. The van der Waals surface area contributed by atoms with Crippen LogP contribution in [0.5, 0.6) is 0 Å². The van der Waals surface area contributed by atoms with Gasteiger partial charge in [0.15, 0.2) is 0 Å². The zero-order chi connectivity index (χ0) is 30.4. The van der Waals surface area contributed by atoms with Crippen molar-refractivity contribution in [1.82, 2.24) is 15.2 Å². The molecule has 1 aromatic carbocycles. The van der Waals surface area contributed by atoms with Crippen LogP contribution in [0.15, 0.2) is 23.0 Å². The molecule has 2 aromatic rings. The molecule has 2 amide bonds. The smallest absolute Gasteiger partial charge is 0.407 e. The van der Waals surface area contributed by atoms with Crippen LogP contribution in [-0.2, 0) is 11.3 Å². The minimum atomic E-state index is -0.888. The highest BCUT2D eigenvalue weighted by molar-refractivity contribution is 5.97. The van der Waals surface area contributed by atoms with Gasteiger partial charge in [0.1, 0.15) is 0 Å². The molecule has 0 radical (unpaired) electrons. The maximum Gasteiger partial charge on any atom is 0.407 e. The van der Waals surface area contributed by atoms with E-state index in [4.69, 9.17) is 4.74 Å². The zero-order valence-electron chi connectivity index (χ0n) is 25.5. The fourth-order valence-electron chi connectivity index (χ4n) is 6.03. The van der Waals surface area contributed by atoms with Crippen molar-refractivity contribution in [2.45, 2.75) is 78.8 Å². The Morgan fingerprint density at radius 1 is 1.14 bits per heavy atom. The predicted octanol–water partition coefficient (Wildman–Crippen LogP) is 4.79. The second-order valence-electron chi connectivity index (χ2n) is 11.7. The van der Waals surface area contributed by atoms with Crippen molar-refractivity contribution in [3.63, 3.8) is 0 Å². The Bertz CT molecular complexity index is 1410. The number of hydrogen-bond acceptors (Lipinski definition) is 5. The number of nitrogens with zero attached hydrogens (tertiary/aromatic N) is 2. The Hall–Kier alpha value is -3.77. The molecule has 4 rings (SSSR count). The number of hydrogen-bond donors (Lipinski definition) is 3. The van der Waals surface area contributed by atoms with Crippen LogP contribution in [0.1, 0.15) is 90.7 Å². The Labute approximate surface area is 248 Å². The number of benzene rings is 1. The number of aromatic nitrogens is 1. The van der Waals surface area contributed by atoms with Crippen LogP contribution < -0.4 is 15.8 Å². The molecule has 1 aromatic heterocycles. The topological polar surface area (TPSA) is 115 Å². The maximum atomic E-state index is 13.7. The van der Waals surface area contributed by atoms with Gasteiger partial charge in [0, 0.05) is 79.4 Å². The number of anilines is 1. The monoisotopic (exact) mass is 576 g/mol. The molecule has 2 aliphatic rings. The van der Waals surface area contributed by atoms with Crippen LogP contribution in [0.4, 0.5) is 10.5 Å². The summed E-state index contributed by atoms with van der Waals surface area (Å²) >= 11 is 0. The van der Waals surface area contributed by atoms with Crippen LogP contribution in [0.2, 0.25) is 0 Å². The molecule has 2 fully saturated rings. The van der Waals surface area contributed by atoms with E-state index in [9.17, 15) is 19.5 Å². The first-order chi connectivity index (χ1) is 20.1. The third-order valence-electron chi connectivity index (χ3n) is 8.45. The fraction of sp³-hybridized carbons (Fsp3) is 0.545. The molecule has 0 spiro atoms. The molecule has 3 heterocycles. The van der Waals surface area contributed by atoms with Gasteiger partial charge in [0.2, 0.25) is 0 Å². The summed E-state index contributed by atoms with van der Waals surface area (Å²) in [6.45, 7) is 13.3. The van der Waals surface area contributed by atoms with E-state index in [0.29, 0.717) is 56.3 Å². The second kappa shape index (κ2) is 13.9. The molecule has 42 heavy (non-hydrogen) atoms. The van der Waals surface area contributed by atoms with E-state index in [2.05, 4.69) is 40.0 Å². The molecule has 9 nitrogen and oxygen atoms in total. The SMILES string of the molecule is CCN(c1cc(C#CC2CCN(C(=O)O)CC2)cc(C(=O)NCc2c(C(C)C)cc(C)[nH]c2=O)c1C)C1CCOCC1. The number of H-pyrrole nitrogens is 1. The molecule has 3 N–H and O–H groups in total. The molecule has 0 atom stereocenters. The Morgan fingerprint density at radius 2 is 1.83 bits per heavy atom. The number of carbonyl (C=O) groups is 2. The predicted molar refractivity (Wildman–Crippen MR) is 164 cm³/mol. The molecule has 226 valence electrons. The number of carboxylic acid groups (broad SMARTS) is 1. The number of piperidine rings is 1. The number of amides is 2. The lowest BCUT2D eigenvalue weighted by atomic mass is 9.95. The minimum Gasteiger partial charge on any atom is -0.465 e. The Balaban J connectivity index is 1.66. The van der Waals surface area contributed by atoms with Crippen molar-refractivity contribution in [1.29, 1.82) is 0 Å². The number of aromatic amines is 1. The van der Waals surface area contributed by atoms with Gasteiger partial charge in [-0.2, -0.15) is 0 Å². The number of nitrogens with one attached hydrogen (secondary N) is 2. The quantitative estimate of drug-likeness (QED) is 0.408. The number of ether oxygens (including phenoxy) is 1. The Morgan fingerprint density at radius 3 is 2.45 bits per heavy atom. The van der Waals surface area contributed by atoms with Crippen molar-refractivity contribution >= 4 is 17.7 Å². The van der Waals surface area contributed by atoms with Crippen molar-refractivity contribution in [2.75, 3.05) is 37.7 Å². The average molecular weight is 577 g/mol. The van der Waals surface area contributed by atoms with Crippen LogP contribution in [0.25, 0.3) is 0 Å². The van der Waals surface area contributed by atoms with Crippen molar-refractivity contribution in [3.05, 3.63) is 62.1 Å². The lowest BCUT2D eigenvalue weighted by Gasteiger charge is -2.36. The van der Waals surface area contributed by atoms with E-state index >= 15 is 0 Å². The fourth-order valence-corrected chi connectivity index (χ4v) is 6.03. The summed E-state index contributed by atoms with van der Waals surface area (Å²) in [5.74, 6) is 6.66. The van der Waals surface area contributed by atoms with Crippen molar-refractivity contribution in [2.24, 2.45) is 5.92 Å². The number of carbonyl (C=O) groups excluding carboxylic acids is 1. The summed E-state index contributed by atoms with van der Waals surface area (Å²) in [5.41, 5.74) is 5.28. The highest BCUT2D eigenvalue weighted by atomic mass is 16.5. The molecule has 0 saturated carbocycles. The van der Waals surface area contributed by atoms with E-state index in [1.54, 1.807) is 0 Å².